The number of amides is 2. The van der Waals surface area contributed by atoms with E-state index in [0.29, 0.717) is 22.3 Å². The summed E-state index contributed by atoms with van der Waals surface area (Å²) in [5.74, 6) is -0.355. The van der Waals surface area contributed by atoms with Gasteiger partial charge in [0.25, 0.3) is 11.5 Å². The number of hydrogen-bond donors (Lipinski definition) is 1. The molecule has 2 amide bonds. The molecular formula is C28H26N4O3. The molecule has 2 heterocycles. The summed E-state index contributed by atoms with van der Waals surface area (Å²) >= 11 is 0. The van der Waals surface area contributed by atoms with Gasteiger partial charge in [0, 0.05) is 35.3 Å². The third kappa shape index (κ3) is 4.84. The van der Waals surface area contributed by atoms with Gasteiger partial charge < -0.3 is 10.2 Å². The maximum absolute atomic E-state index is 13.0. The Hall–Kier alpha value is -4.26. The molecule has 0 saturated carbocycles. The highest BCUT2D eigenvalue weighted by atomic mass is 16.2. The third-order valence-electron chi connectivity index (χ3n) is 6.27. The lowest BCUT2D eigenvalue weighted by Crippen LogP contribution is -2.35. The zero-order valence-electron chi connectivity index (χ0n) is 19.3. The summed E-state index contributed by atoms with van der Waals surface area (Å²) in [7, 11) is 0. The van der Waals surface area contributed by atoms with Gasteiger partial charge >= 0.3 is 0 Å². The van der Waals surface area contributed by atoms with Crippen molar-refractivity contribution in [1.82, 2.24) is 14.7 Å². The van der Waals surface area contributed by atoms with Crippen LogP contribution in [-0.4, -0.2) is 39.6 Å². The Morgan fingerprint density at radius 1 is 0.800 bits per heavy atom. The lowest BCUT2D eigenvalue weighted by atomic mass is 10.1. The highest BCUT2D eigenvalue weighted by Crippen LogP contribution is 2.24. The number of nitrogens with zero attached hydrogens (tertiary/aromatic N) is 3. The Labute approximate surface area is 203 Å². The summed E-state index contributed by atoms with van der Waals surface area (Å²) in [6, 6.07) is 23.7. The Kier molecular flexibility index (Phi) is 6.39. The number of piperidine rings is 1. The minimum Gasteiger partial charge on any atom is -0.339 e. The predicted molar refractivity (Wildman–Crippen MR) is 136 cm³/mol. The second-order valence-electron chi connectivity index (χ2n) is 8.70. The fourth-order valence-electron chi connectivity index (χ4n) is 4.46. The van der Waals surface area contributed by atoms with E-state index in [-0.39, 0.29) is 23.9 Å². The Balaban J connectivity index is 1.35. The van der Waals surface area contributed by atoms with E-state index in [1.807, 2.05) is 47.4 Å². The molecule has 0 atom stereocenters. The van der Waals surface area contributed by atoms with Crippen LogP contribution < -0.4 is 10.9 Å². The average Bonchev–Trinajstić information content (AvgIpc) is 2.91. The van der Waals surface area contributed by atoms with E-state index >= 15 is 0 Å². The lowest BCUT2D eigenvalue weighted by molar-refractivity contribution is -0.117. The van der Waals surface area contributed by atoms with Gasteiger partial charge in [-0.1, -0.05) is 48.5 Å². The van der Waals surface area contributed by atoms with E-state index in [2.05, 4.69) is 10.4 Å². The Bertz CT molecular complexity index is 1420. The molecule has 4 aromatic rings. The molecule has 3 aromatic carbocycles. The SMILES string of the molecule is O=C(Cn1nc(-c2ccccc2)c2ccccc2c1=O)Nc1ccc(C(=O)N2CCCCC2)cc1. The molecule has 0 bridgehead atoms. The van der Waals surface area contributed by atoms with E-state index in [1.165, 1.54) is 4.68 Å². The van der Waals surface area contributed by atoms with Gasteiger partial charge in [-0.25, -0.2) is 4.68 Å². The van der Waals surface area contributed by atoms with Crippen LogP contribution >= 0.6 is 0 Å². The highest BCUT2D eigenvalue weighted by Gasteiger charge is 2.18. The van der Waals surface area contributed by atoms with Gasteiger partial charge in [-0.05, 0) is 49.6 Å². The van der Waals surface area contributed by atoms with Crippen LogP contribution in [0.3, 0.4) is 0 Å². The molecule has 35 heavy (non-hydrogen) atoms. The number of aromatic nitrogens is 2. The first kappa shape index (κ1) is 22.5. The zero-order valence-corrected chi connectivity index (χ0v) is 19.3. The molecule has 1 aliphatic rings. The number of hydrogen-bond acceptors (Lipinski definition) is 4. The van der Waals surface area contributed by atoms with Crippen molar-refractivity contribution in [3.05, 3.63) is 94.8 Å². The summed E-state index contributed by atoms with van der Waals surface area (Å²) in [6.07, 6.45) is 3.23. The smallest absolute Gasteiger partial charge is 0.275 e. The maximum atomic E-state index is 13.0. The van der Waals surface area contributed by atoms with E-state index < -0.39 is 0 Å². The molecule has 1 N–H and O–H groups in total. The predicted octanol–water partition coefficient (Wildman–Crippen LogP) is 4.33. The third-order valence-corrected chi connectivity index (χ3v) is 6.27. The fourth-order valence-corrected chi connectivity index (χ4v) is 4.46. The minimum absolute atomic E-state index is 0.0166. The molecule has 1 fully saturated rings. The molecule has 0 spiro atoms. The van der Waals surface area contributed by atoms with Crippen LogP contribution in [0.25, 0.3) is 22.0 Å². The number of anilines is 1. The van der Waals surface area contributed by atoms with Crippen LogP contribution in [0, 0.1) is 0 Å². The molecule has 1 saturated heterocycles. The molecule has 7 nitrogen and oxygen atoms in total. The molecular weight excluding hydrogens is 440 g/mol. The van der Waals surface area contributed by atoms with E-state index in [4.69, 9.17) is 0 Å². The fraction of sp³-hybridized carbons (Fsp3) is 0.214. The summed E-state index contributed by atoms with van der Waals surface area (Å²) in [6.45, 7) is 1.35. The highest BCUT2D eigenvalue weighted by molar-refractivity contribution is 5.96. The van der Waals surface area contributed by atoms with Gasteiger partial charge in [-0.3, -0.25) is 14.4 Å². The van der Waals surface area contributed by atoms with Crippen LogP contribution in [0.2, 0.25) is 0 Å². The van der Waals surface area contributed by atoms with Gasteiger partial charge in [-0.2, -0.15) is 5.10 Å². The topological polar surface area (TPSA) is 84.3 Å². The molecule has 5 rings (SSSR count). The first-order chi connectivity index (χ1) is 17.1. The number of fused-ring (bicyclic) bond motifs is 1. The lowest BCUT2D eigenvalue weighted by Gasteiger charge is -2.26. The van der Waals surface area contributed by atoms with Crippen LogP contribution in [0.1, 0.15) is 29.6 Å². The number of carbonyl (C=O) groups is 2. The maximum Gasteiger partial charge on any atom is 0.275 e. The molecule has 1 aliphatic heterocycles. The van der Waals surface area contributed by atoms with Crippen LogP contribution in [0.5, 0.6) is 0 Å². The number of nitrogens with one attached hydrogen (secondary N) is 1. The summed E-state index contributed by atoms with van der Waals surface area (Å²) in [5, 5.41) is 8.60. The number of carbonyl (C=O) groups excluding carboxylic acids is 2. The molecule has 7 heteroatoms. The quantitative estimate of drug-likeness (QED) is 0.475. The minimum atomic E-state index is -0.371. The van der Waals surface area contributed by atoms with Crippen LogP contribution in [0.4, 0.5) is 5.69 Å². The summed E-state index contributed by atoms with van der Waals surface area (Å²) in [5.41, 5.74) is 2.35. The zero-order chi connectivity index (χ0) is 24.2. The molecule has 0 radical (unpaired) electrons. The van der Waals surface area contributed by atoms with Gasteiger partial charge in [0.1, 0.15) is 6.54 Å². The van der Waals surface area contributed by atoms with Crippen LogP contribution in [-0.2, 0) is 11.3 Å². The van der Waals surface area contributed by atoms with Crippen LogP contribution in [0.15, 0.2) is 83.7 Å². The molecule has 176 valence electrons. The first-order valence-electron chi connectivity index (χ1n) is 11.8. The van der Waals surface area contributed by atoms with Crippen molar-refractivity contribution >= 4 is 28.3 Å². The second kappa shape index (κ2) is 9.93. The standard InChI is InChI=1S/C28H26N4O3/c33-25(29-22-15-13-21(14-16-22)27(34)31-17-7-2-8-18-31)19-32-28(35)24-12-6-5-11-23(24)26(30-32)20-9-3-1-4-10-20/h1,3-6,9-16H,2,7-8,17-19H2,(H,29,33). The van der Waals surface area contributed by atoms with Crippen molar-refractivity contribution in [2.24, 2.45) is 0 Å². The first-order valence-corrected chi connectivity index (χ1v) is 11.8. The summed E-state index contributed by atoms with van der Waals surface area (Å²) < 4.78 is 1.20. The average molecular weight is 467 g/mol. The van der Waals surface area contributed by atoms with E-state index in [9.17, 15) is 14.4 Å². The van der Waals surface area contributed by atoms with Gasteiger partial charge in [0.05, 0.1) is 11.1 Å². The van der Waals surface area contributed by atoms with Crippen molar-refractivity contribution in [2.75, 3.05) is 18.4 Å². The van der Waals surface area contributed by atoms with E-state index in [1.54, 1.807) is 36.4 Å². The molecule has 0 unspecified atom stereocenters. The largest absolute Gasteiger partial charge is 0.339 e. The Morgan fingerprint density at radius 3 is 2.17 bits per heavy atom. The number of likely N-dealkylation sites (tertiary alicyclic amines) is 1. The summed E-state index contributed by atoms with van der Waals surface area (Å²) in [4.78, 5) is 40.4. The van der Waals surface area contributed by atoms with Crippen molar-refractivity contribution in [2.45, 2.75) is 25.8 Å². The Morgan fingerprint density at radius 2 is 1.46 bits per heavy atom. The molecule has 1 aromatic heterocycles. The monoisotopic (exact) mass is 466 g/mol. The van der Waals surface area contributed by atoms with Gasteiger partial charge in [0.15, 0.2) is 0 Å². The van der Waals surface area contributed by atoms with Crippen molar-refractivity contribution in [3.8, 4) is 11.3 Å². The van der Waals surface area contributed by atoms with Gasteiger partial charge in [0.2, 0.25) is 5.91 Å². The van der Waals surface area contributed by atoms with Crippen molar-refractivity contribution in [3.63, 3.8) is 0 Å². The number of benzene rings is 3. The molecule has 0 aliphatic carbocycles. The number of rotatable bonds is 5. The van der Waals surface area contributed by atoms with Crippen molar-refractivity contribution < 1.29 is 9.59 Å². The van der Waals surface area contributed by atoms with Gasteiger partial charge in [-0.15, -0.1) is 0 Å². The van der Waals surface area contributed by atoms with Crippen molar-refractivity contribution in [1.29, 1.82) is 0 Å². The second-order valence-corrected chi connectivity index (χ2v) is 8.70. The van der Waals surface area contributed by atoms with E-state index in [0.717, 1.165) is 43.3 Å². The normalized spacial score (nSPS) is 13.5.